The summed E-state index contributed by atoms with van der Waals surface area (Å²) in [5.74, 6) is -1.65. The van der Waals surface area contributed by atoms with Crippen molar-refractivity contribution in [1.29, 1.82) is 0 Å². The summed E-state index contributed by atoms with van der Waals surface area (Å²) in [4.78, 5) is 19.0. The van der Waals surface area contributed by atoms with Crippen LogP contribution in [-0.2, 0) is 23.7 Å². The van der Waals surface area contributed by atoms with Crippen molar-refractivity contribution in [3.05, 3.63) is 59.2 Å². The predicted octanol–water partition coefficient (Wildman–Crippen LogP) is 4.62. The van der Waals surface area contributed by atoms with Crippen molar-refractivity contribution in [1.82, 2.24) is 9.97 Å². The van der Waals surface area contributed by atoms with Gasteiger partial charge in [0.2, 0.25) is 5.89 Å². The van der Waals surface area contributed by atoms with E-state index in [2.05, 4.69) is 9.97 Å². The van der Waals surface area contributed by atoms with E-state index in [1.54, 1.807) is 0 Å². The molecule has 142 valence electrons. The Bertz CT molecular complexity index is 994. The van der Waals surface area contributed by atoms with Crippen LogP contribution in [0.3, 0.4) is 0 Å². The monoisotopic (exact) mass is 390 g/mol. The second-order valence-corrected chi connectivity index (χ2v) is 5.26. The molecule has 0 aliphatic carbocycles. The highest BCUT2D eigenvalue weighted by atomic mass is 19.4. The topological polar surface area (TPSA) is 65.2 Å². The number of carbonyl (C=O) groups excluding carboxylic acids is 1. The van der Waals surface area contributed by atoms with Crippen LogP contribution >= 0.6 is 0 Å². The molecule has 0 fully saturated rings. The first-order valence-corrected chi connectivity index (χ1v) is 7.22. The molecule has 0 aliphatic heterocycles. The number of esters is 1. The maximum atomic E-state index is 12.9. The summed E-state index contributed by atoms with van der Waals surface area (Å²) < 4.78 is 86.5. The number of rotatable bonds is 3. The highest BCUT2D eigenvalue weighted by Crippen LogP contribution is 2.32. The molecule has 3 rings (SSSR count). The molecule has 3 aromatic rings. The van der Waals surface area contributed by atoms with Gasteiger partial charge in [-0.15, -0.1) is 0 Å². The fourth-order valence-corrected chi connectivity index (χ4v) is 2.21. The number of aromatic nitrogens is 2. The first-order chi connectivity index (χ1) is 12.6. The van der Waals surface area contributed by atoms with Gasteiger partial charge in [-0.25, -0.2) is 14.8 Å². The lowest BCUT2D eigenvalue weighted by Crippen LogP contribution is -2.16. The molecule has 27 heavy (non-hydrogen) atoms. The first kappa shape index (κ1) is 18.7. The molecule has 0 spiro atoms. The van der Waals surface area contributed by atoms with Gasteiger partial charge in [0.05, 0.1) is 11.1 Å². The highest BCUT2D eigenvalue weighted by molar-refractivity contribution is 5.89. The molecule has 2 aromatic heterocycles. The Morgan fingerprint density at radius 3 is 2.48 bits per heavy atom. The number of alkyl halides is 6. The number of nitrogens with zero attached hydrogens (tertiary/aromatic N) is 2. The maximum absolute atomic E-state index is 12.9. The van der Waals surface area contributed by atoms with E-state index in [4.69, 9.17) is 9.15 Å². The van der Waals surface area contributed by atoms with Crippen molar-refractivity contribution in [2.75, 3.05) is 0 Å². The Kier molecular flexibility index (Phi) is 4.54. The van der Waals surface area contributed by atoms with E-state index in [-0.39, 0.29) is 17.0 Å². The number of benzene rings is 1. The summed E-state index contributed by atoms with van der Waals surface area (Å²) >= 11 is 0. The van der Waals surface area contributed by atoms with Gasteiger partial charge in [0.15, 0.2) is 17.9 Å². The third-order valence-corrected chi connectivity index (χ3v) is 3.39. The van der Waals surface area contributed by atoms with Crippen LogP contribution in [-0.4, -0.2) is 15.9 Å². The van der Waals surface area contributed by atoms with Gasteiger partial charge in [-0.2, -0.15) is 26.3 Å². The Hall–Kier alpha value is -3.11. The first-order valence-electron chi connectivity index (χ1n) is 7.22. The molecule has 1 aromatic carbocycles. The Morgan fingerprint density at radius 2 is 1.81 bits per heavy atom. The van der Waals surface area contributed by atoms with Gasteiger partial charge in [-0.3, -0.25) is 0 Å². The minimum absolute atomic E-state index is 0.00265. The minimum atomic E-state index is -4.81. The fourth-order valence-electron chi connectivity index (χ4n) is 2.21. The number of ether oxygens (including phenoxy) is 1. The Balaban J connectivity index is 1.78. The Morgan fingerprint density at radius 1 is 1.07 bits per heavy atom. The average molecular weight is 390 g/mol. The molecular formula is C16H8F6N2O3. The standard InChI is InChI=1S/C16H8F6N2O3/c17-15(18,19)8-3-4-11-10(6-8)24-12(27-11)7-26-14(25)13-9(16(20,21)22)2-1-5-23-13/h1-6H,7H2. The minimum Gasteiger partial charge on any atom is -0.451 e. The predicted molar refractivity (Wildman–Crippen MR) is 77.4 cm³/mol. The molecule has 0 saturated heterocycles. The molecule has 2 heterocycles. The molecule has 0 atom stereocenters. The fraction of sp³-hybridized carbons (Fsp3) is 0.188. The lowest BCUT2D eigenvalue weighted by Gasteiger charge is -2.10. The lowest BCUT2D eigenvalue weighted by molar-refractivity contribution is -0.138. The average Bonchev–Trinajstić information content (AvgIpc) is 3.00. The van der Waals surface area contributed by atoms with Crippen LogP contribution in [0, 0.1) is 0 Å². The van der Waals surface area contributed by atoms with Gasteiger partial charge in [0, 0.05) is 6.20 Å². The maximum Gasteiger partial charge on any atom is 0.418 e. The van der Waals surface area contributed by atoms with E-state index in [0.717, 1.165) is 30.5 Å². The number of pyridine rings is 1. The van der Waals surface area contributed by atoms with E-state index in [1.807, 2.05) is 0 Å². The number of hydrogen-bond acceptors (Lipinski definition) is 5. The lowest BCUT2D eigenvalue weighted by atomic mass is 10.2. The molecule has 0 unspecified atom stereocenters. The van der Waals surface area contributed by atoms with Gasteiger partial charge in [0.1, 0.15) is 5.52 Å². The molecule has 0 radical (unpaired) electrons. The SMILES string of the molecule is O=C(OCc1nc2cc(C(F)(F)F)ccc2o1)c1ncccc1C(F)(F)F. The Labute approximate surface area is 146 Å². The zero-order chi connectivity index (χ0) is 19.8. The molecule has 5 nitrogen and oxygen atoms in total. The van der Waals surface area contributed by atoms with Gasteiger partial charge in [-0.1, -0.05) is 0 Å². The van der Waals surface area contributed by atoms with Crippen molar-refractivity contribution in [2.24, 2.45) is 0 Å². The second kappa shape index (κ2) is 6.56. The van der Waals surface area contributed by atoms with Crippen LogP contribution in [0.4, 0.5) is 26.3 Å². The molecule has 11 heteroatoms. The summed E-state index contributed by atoms with van der Waals surface area (Å²) in [5.41, 5.74) is -3.30. The van der Waals surface area contributed by atoms with Crippen molar-refractivity contribution in [3.63, 3.8) is 0 Å². The summed E-state index contributed by atoms with van der Waals surface area (Å²) in [6.45, 7) is -0.678. The number of fused-ring (bicyclic) bond motifs is 1. The van der Waals surface area contributed by atoms with Gasteiger partial charge < -0.3 is 9.15 Å². The normalized spacial score (nSPS) is 12.4. The van der Waals surface area contributed by atoms with Crippen molar-refractivity contribution >= 4 is 17.1 Å². The van der Waals surface area contributed by atoms with Gasteiger partial charge in [0.25, 0.3) is 0 Å². The molecule has 0 saturated carbocycles. The highest BCUT2D eigenvalue weighted by Gasteiger charge is 2.36. The zero-order valence-electron chi connectivity index (χ0n) is 13.1. The summed E-state index contributed by atoms with van der Waals surface area (Å²) in [5, 5.41) is 0. The van der Waals surface area contributed by atoms with Crippen molar-refractivity contribution in [3.8, 4) is 0 Å². The summed E-state index contributed by atoms with van der Waals surface area (Å²) in [6, 6.07) is 4.24. The molecule has 0 bridgehead atoms. The van der Waals surface area contributed by atoms with Crippen molar-refractivity contribution < 1.29 is 40.3 Å². The summed E-state index contributed by atoms with van der Waals surface area (Å²) in [7, 11) is 0. The second-order valence-electron chi connectivity index (χ2n) is 5.26. The van der Waals surface area contributed by atoms with E-state index in [9.17, 15) is 31.1 Å². The van der Waals surface area contributed by atoms with Crippen LogP contribution in [0.5, 0.6) is 0 Å². The van der Waals surface area contributed by atoms with E-state index < -0.39 is 41.7 Å². The van der Waals surface area contributed by atoms with Crippen LogP contribution < -0.4 is 0 Å². The van der Waals surface area contributed by atoms with Gasteiger partial charge in [-0.05, 0) is 30.3 Å². The smallest absolute Gasteiger partial charge is 0.418 e. The summed E-state index contributed by atoms with van der Waals surface area (Å²) in [6.07, 6.45) is -8.40. The molecule has 0 N–H and O–H groups in total. The third-order valence-electron chi connectivity index (χ3n) is 3.39. The molecular weight excluding hydrogens is 382 g/mol. The van der Waals surface area contributed by atoms with Gasteiger partial charge >= 0.3 is 18.3 Å². The van der Waals surface area contributed by atoms with Crippen LogP contribution in [0.15, 0.2) is 40.9 Å². The molecule has 0 aliphatic rings. The number of halogens is 6. The quantitative estimate of drug-likeness (QED) is 0.483. The van der Waals surface area contributed by atoms with Crippen LogP contribution in [0.1, 0.15) is 27.5 Å². The van der Waals surface area contributed by atoms with E-state index in [1.165, 1.54) is 0 Å². The van der Waals surface area contributed by atoms with E-state index in [0.29, 0.717) is 6.07 Å². The van der Waals surface area contributed by atoms with E-state index >= 15 is 0 Å². The number of hydrogen-bond donors (Lipinski definition) is 0. The van der Waals surface area contributed by atoms with Crippen LogP contribution in [0.2, 0.25) is 0 Å². The molecule has 0 amide bonds. The zero-order valence-corrected chi connectivity index (χ0v) is 13.1. The van der Waals surface area contributed by atoms with Crippen LogP contribution in [0.25, 0.3) is 11.1 Å². The largest absolute Gasteiger partial charge is 0.451 e. The third kappa shape index (κ3) is 4.01. The number of carbonyl (C=O) groups is 1. The van der Waals surface area contributed by atoms with Crippen molar-refractivity contribution in [2.45, 2.75) is 19.0 Å². The number of oxazole rings is 1.